The van der Waals surface area contributed by atoms with E-state index < -0.39 is 0 Å². The molecule has 1 aliphatic heterocycles. The van der Waals surface area contributed by atoms with E-state index in [2.05, 4.69) is 10.3 Å². The zero-order valence-corrected chi connectivity index (χ0v) is 9.88. The Morgan fingerprint density at radius 2 is 2.35 bits per heavy atom. The summed E-state index contributed by atoms with van der Waals surface area (Å²) in [7, 11) is 3.31. The van der Waals surface area contributed by atoms with Crippen LogP contribution < -0.4 is 5.32 Å². The number of aromatic nitrogens is 1. The van der Waals surface area contributed by atoms with Crippen molar-refractivity contribution < 1.29 is 9.59 Å². The van der Waals surface area contributed by atoms with Crippen LogP contribution >= 0.6 is 0 Å². The van der Waals surface area contributed by atoms with Gasteiger partial charge in [0, 0.05) is 32.9 Å². The maximum absolute atomic E-state index is 11.8. The first-order chi connectivity index (χ1) is 8.15. The molecular weight excluding hydrogens is 218 g/mol. The van der Waals surface area contributed by atoms with E-state index in [9.17, 15) is 9.59 Å². The topological polar surface area (TPSA) is 62.3 Å². The molecule has 1 saturated heterocycles. The second kappa shape index (κ2) is 4.53. The van der Waals surface area contributed by atoms with Crippen molar-refractivity contribution in [2.45, 2.75) is 12.5 Å². The molecule has 5 heteroatoms. The molecule has 1 N–H and O–H groups in total. The molecule has 0 aliphatic carbocycles. The van der Waals surface area contributed by atoms with Gasteiger partial charge in [0.15, 0.2) is 0 Å². The summed E-state index contributed by atoms with van der Waals surface area (Å²) < 4.78 is 0. The van der Waals surface area contributed by atoms with E-state index in [1.165, 1.54) is 0 Å². The normalized spacial score (nSPS) is 23.9. The van der Waals surface area contributed by atoms with Crippen LogP contribution in [0.1, 0.15) is 18.0 Å². The molecule has 90 valence electrons. The Morgan fingerprint density at radius 3 is 2.94 bits per heavy atom. The molecule has 2 rings (SSSR count). The summed E-state index contributed by atoms with van der Waals surface area (Å²) >= 11 is 0. The van der Waals surface area contributed by atoms with Crippen molar-refractivity contribution in [1.82, 2.24) is 15.2 Å². The lowest BCUT2D eigenvalue weighted by Gasteiger charge is -2.24. The van der Waals surface area contributed by atoms with Gasteiger partial charge in [-0.3, -0.25) is 14.6 Å². The minimum Gasteiger partial charge on any atom is -0.359 e. The van der Waals surface area contributed by atoms with Crippen LogP contribution in [0.4, 0.5) is 0 Å². The Bertz CT molecular complexity index is 433. The van der Waals surface area contributed by atoms with Crippen molar-refractivity contribution in [2.24, 2.45) is 5.92 Å². The first-order valence-electron chi connectivity index (χ1n) is 5.52. The van der Waals surface area contributed by atoms with Gasteiger partial charge in [-0.25, -0.2) is 0 Å². The Kier molecular flexibility index (Phi) is 3.08. The van der Waals surface area contributed by atoms with Crippen molar-refractivity contribution in [3.8, 4) is 0 Å². The minimum atomic E-state index is -0.332. The number of nitrogens with zero attached hydrogens (tertiary/aromatic N) is 2. The van der Waals surface area contributed by atoms with Gasteiger partial charge in [-0.2, -0.15) is 0 Å². The number of carbonyl (C=O) groups is 2. The molecule has 0 saturated carbocycles. The van der Waals surface area contributed by atoms with E-state index in [1.807, 2.05) is 12.1 Å². The van der Waals surface area contributed by atoms with Gasteiger partial charge in [0.25, 0.3) is 0 Å². The number of likely N-dealkylation sites (tertiary alicyclic amines) is 1. The third-order valence-electron chi connectivity index (χ3n) is 3.20. The molecule has 1 aromatic heterocycles. The molecule has 17 heavy (non-hydrogen) atoms. The third-order valence-corrected chi connectivity index (χ3v) is 3.20. The van der Waals surface area contributed by atoms with Crippen molar-refractivity contribution in [1.29, 1.82) is 0 Å². The van der Waals surface area contributed by atoms with Crippen LogP contribution in [0.5, 0.6) is 0 Å². The molecule has 2 atom stereocenters. The predicted molar refractivity (Wildman–Crippen MR) is 61.9 cm³/mol. The molecule has 1 aliphatic rings. The molecule has 0 aromatic carbocycles. The van der Waals surface area contributed by atoms with Crippen molar-refractivity contribution in [2.75, 3.05) is 14.1 Å². The van der Waals surface area contributed by atoms with Gasteiger partial charge in [-0.05, 0) is 11.6 Å². The molecule has 0 bridgehead atoms. The Balaban J connectivity index is 2.34. The van der Waals surface area contributed by atoms with Gasteiger partial charge in [0.05, 0.1) is 12.0 Å². The highest BCUT2D eigenvalue weighted by Crippen LogP contribution is 2.36. The second-order valence-electron chi connectivity index (χ2n) is 4.16. The molecule has 0 spiro atoms. The minimum absolute atomic E-state index is 0.00699. The Morgan fingerprint density at radius 1 is 1.59 bits per heavy atom. The van der Waals surface area contributed by atoms with Crippen molar-refractivity contribution >= 4 is 11.8 Å². The smallest absolute Gasteiger partial charge is 0.225 e. The summed E-state index contributed by atoms with van der Waals surface area (Å²) in [4.78, 5) is 29.2. The number of pyridine rings is 1. The highest BCUT2D eigenvalue weighted by molar-refractivity contribution is 5.90. The van der Waals surface area contributed by atoms with Crippen LogP contribution in [-0.2, 0) is 9.59 Å². The average Bonchev–Trinajstić information content (AvgIpc) is 2.66. The first-order valence-corrected chi connectivity index (χ1v) is 5.52. The standard InChI is InChI=1S/C12H15N3O2/c1-13-12(17)9-6-10(16)15(2)11(9)8-4-3-5-14-7-8/h3-5,7,9,11H,6H2,1-2H3,(H,13,17)/t9-,11+/m0/s1. The van der Waals surface area contributed by atoms with Gasteiger partial charge in [0.1, 0.15) is 0 Å². The van der Waals surface area contributed by atoms with Crippen LogP contribution in [0.3, 0.4) is 0 Å². The lowest BCUT2D eigenvalue weighted by Crippen LogP contribution is -2.32. The Labute approximate surface area is 99.8 Å². The largest absolute Gasteiger partial charge is 0.359 e. The van der Waals surface area contributed by atoms with Gasteiger partial charge in [-0.15, -0.1) is 0 Å². The summed E-state index contributed by atoms with van der Waals surface area (Å²) in [5.74, 6) is -0.439. The summed E-state index contributed by atoms with van der Waals surface area (Å²) in [6, 6.07) is 3.49. The zero-order valence-electron chi connectivity index (χ0n) is 9.88. The van der Waals surface area contributed by atoms with Crippen LogP contribution in [0, 0.1) is 5.92 Å². The highest BCUT2D eigenvalue weighted by atomic mass is 16.2. The number of rotatable bonds is 2. The third kappa shape index (κ3) is 2.00. The molecule has 1 aromatic rings. The number of hydrogen-bond donors (Lipinski definition) is 1. The van der Waals surface area contributed by atoms with E-state index in [0.29, 0.717) is 0 Å². The summed E-state index contributed by atoms with van der Waals surface area (Å²) in [5, 5.41) is 2.61. The first kappa shape index (κ1) is 11.6. The Hall–Kier alpha value is -1.91. The van der Waals surface area contributed by atoms with Crippen LogP contribution in [0.25, 0.3) is 0 Å². The molecule has 0 radical (unpaired) electrons. The fourth-order valence-corrected chi connectivity index (χ4v) is 2.30. The molecule has 1 fully saturated rings. The van der Waals surface area contributed by atoms with E-state index in [4.69, 9.17) is 0 Å². The summed E-state index contributed by atoms with van der Waals surface area (Å²) in [6.07, 6.45) is 3.64. The highest BCUT2D eigenvalue weighted by Gasteiger charge is 2.42. The number of amides is 2. The van der Waals surface area contributed by atoms with Crippen molar-refractivity contribution in [3.05, 3.63) is 30.1 Å². The SMILES string of the molecule is CNC(=O)[C@H]1CC(=O)N(C)[C@@H]1c1cccnc1. The van der Waals surface area contributed by atoms with E-state index in [-0.39, 0.29) is 30.2 Å². The fraction of sp³-hybridized carbons (Fsp3) is 0.417. The quantitative estimate of drug-likeness (QED) is 0.801. The summed E-state index contributed by atoms with van der Waals surface area (Å²) in [6.45, 7) is 0. The summed E-state index contributed by atoms with van der Waals surface area (Å²) in [5.41, 5.74) is 0.898. The van der Waals surface area contributed by atoms with Gasteiger partial charge >= 0.3 is 0 Å². The maximum Gasteiger partial charge on any atom is 0.225 e. The predicted octanol–water partition coefficient (Wildman–Crippen LogP) is 0.347. The van der Waals surface area contributed by atoms with Gasteiger partial charge < -0.3 is 10.2 Å². The van der Waals surface area contributed by atoms with E-state index in [1.54, 1.807) is 31.4 Å². The lowest BCUT2D eigenvalue weighted by atomic mass is 9.94. The molecule has 2 amide bonds. The zero-order chi connectivity index (χ0) is 12.4. The van der Waals surface area contributed by atoms with Crippen molar-refractivity contribution in [3.63, 3.8) is 0 Å². The second-order valence-corrected chi connectivity index (χ2v) is 4.16. The number of carbonyl (C=O) groups excluding carboxylic acids is 2. The average molecular weight is 233 g/mol. The van der Waals surface area contributed by atoms with Crippen LogP contribution in [-0.4, -0.2) is 35.8 Å². The number of hydrogen-bond acceptors (Lipinski definition) is 3. The fourth-order valence-electron chi connectivity index (χ4n) is 2.30. The maximum atomic E-state index is 11.8. The number of nitrogens with one attached hydrogen (secondary N) is 1. The molecule has 2 heterocycles. The lowest BCUT2D eigenvalue weighted by molar-refractivity contribution is -0.128. The van der Waals surface area contributed by atoms with Gasteiger partial charge in [-0.1, -0.05) is 6.07 Å². The van der Waals surface area contributed by atoms with E-state index in [0.717, 1.165) is 5.56 Å². The molecular formula is C12H15N3O2. The van der Waals surface area contributed by atoms with E-state index >= 15 is 0 Å². The molecule has 5 nitrogen and oxygen atoms in total. The molecule has 0 unspecified atom stereocenters. The van der Waals surface area contributed by atoms with Crippen LogP contribution in [0.2, 0.25) is 0 Å². The van der Waals surface area contributed by atoms with Gasteiger partial charge in [0.2, 0.25) is 11.8 Å². The van der Waals surface area contributed by atoms with Crippen LogP contribution in [0.15, 0.2) is 24.5 Å². The monoisotopic (exact) mass is 233 g/mol.